The second-order valence-corrected chi connectivity index (χ2v) is 5.85. The molecule has 1 saturated heterocycles. The third kappa shape index (κ3) is 3.34. The highest BCUT2D eigenvalue weighted by atomic mass is 15.4. The summed E-state index contributed by atoms with van der Waals surface area (Å²) in [6.45, 7) is 6.49. The standard InChI is InChI=1S/C14H25N5/c1-2-8-19-14(16-11-17-19)10-18(13-5-6-13)9-12-4-3-7-15-12/h11-13,15H,2-10H2,1H3. The van der Waals surface area contributed by atoms with Crippen molar-refractivity contribution >= 4 is 0 Å². The predicted molar refractivity (Wildman–Crippen MR) is 74.8 cm³/mol. The van der Waals surface area contributed by atoms with E-state index in [1.54, 1.807) is 6.33 Å². The molecule has 3 rings (SSSR count). The topological polar surface area (TPSA) is 46.0 Å². The van der Waals surface area contributed by atoms with E-state index in [-0.39, 0.29) is 0 Å². The molecule has 1 unspecified atom stereocenters. The Bertz CT molecular complexity index is 392. The molecule has 1 saturated carbocycles. The van der Waals surface area contributed by atoms with Gasteiger partial charge in [-0.05, 0) is 38.6 Å². The Hall–Kier alpha value is -0.940. The first kappa shape index (κ1) is 13.1. The lowest BCUT2D eigenvalue weighted by atomic mass is 10.2. The fourth-order valence-corrected chi connectivity index (χ4v) is 2.97. The molecule has 1 aromatic heterocycles. The van der Waals surface area contributed by atoms with Crippen LogP contribution in [-0.4, -0.2) is 44.8 Å². The van der Waals surface area contributed by atoms with E-state index >= 15 is 0 Å². The number of aromatic nitrogens is 3. The number of rotatable bonds is 7. The molecule has 0 bridgehead atoms. The number of hydrogen-bond donors (Lipinski definition) is 1. The summed E-state index contributed by atoms with van der Waals surface area (Å²) in [5, 5.41) is 7.94. The summed E-state index contributed by atoms with van der Waals surface area (Å²) in [6, 6.07) is 1.47. The minimum Gasteiger partial charge on any atom is -0.313 e. The highest BCUT2D eigenvalue weighted by molar-refractivity contribution is 4.93. The maximum atomic E-state index is 4.45. The van der Waals surface area contributed by atoms with Crippen LogP contribution in [0.25, 0.3) is 0 Å². The van der Waals surface area contributed by atoms with Gasteiger partial charge in [0.1, 0.15) is 12.2 Å². The summed E-state index contributed by atoms with van der Waals surface area (Å²) >= 11 is 0. The van der Waals surface area contributed by atoms with E-state index in [0.29, 0.717) is 6.04 Å². The highest BCUT2D eigenvalue weighted by Crippen LogP contribution is 2.28. The summed E-state index contributed by atoms with van der Waals surface area (Å²) < 4.78 is 2.07. The van der Waals surface area contributed by atoms with Crippen LogP contribution in [0.1, 0.15) is 44.9 Å². The molecule has 1 aromatic rings. The van der Waals surface area contributed by atoms with Crippen LogP contribution < -0.4 is 5.32 Å². The third-order valence-corrected chi connectivity index (χ3v) is 4.16. The van der Waals surface area contributed by atoms with Gasteiger partial charge in [0, 0.05) is 25.2 Å². The maximum absolute atomic E-state index is 4.45. The molecule has 0 amide bonds. The van der Waals surface area contributed by atoms with Gasteiger partial charge in [-0.25, -0.2) is 9.67 Å². The first-order valence-corrected chi connectivity index (χ1v) is 7.71. The van der Waals surface area contributed by atoms with Gasteiger partial charge >= 0.3 is 0 Å². The summed E-state index contributed by atoms with van der Waals surface area (Å²) in [7, 11) is 0. The predicted octanol–water partition coefficient (Wildman–Crippen LogP) is 1.40. The van der Waals surface area contributed by atoms with E-state index in [2.05, 4.69) is 31.9 Å². The smallest absolute Gasteiger partial charge is 0.141 e. The number of nitrogens with one attached hydrogen (secondary N) is 1. The van der Waals surface area contributed by atoms with Gasteiger partial charge in [0.25, 0.3) is 0 Å². The molecule has 1 N–H and O–H groups in total. The minimum atomic E-state index is 0.683. The maximum Gasteiger partial charge on any atom is 0.141 e. The fourth-order valence-electron chi connectivity index (χ4n) is 2.97. The Kier molecular flexibility index (Phi) is 4.13. The monoisotopic (exact) mass is 263 g/mol. The van der Waals surface area contributed by atoms with Crippen LogP contribution in [0.5, 0.6) is 0 Å². The van der Waals surface area contributed by atoms with E-state index in [1.807, 2.05) is 0 Å². The lowest BCUT2D eigenvalue weighted by Crippen LogP contribution is -2.39. The molecule has 2 heterocycles. The van der Waals surface area contributed by atoms with Crippen molar-refractivity contribution in [3.8, 4) is 0 Å². The van der Waals surface area contributed by atoms with Gasteiger partial charge in [-0.15, -0.1) is 0 Å². The first-order chi connectivity index (χ1) is 9.36. The Balaban J connectivity index is 1.61. The molecule has 0 spiro atoms. The van der Waals surface area contributed by atoms with Crippen LogP contribution in [0.4, 0.5) is 0 Å². The van der Waals surface area contributed by atoms with Gasteiger partial charge in [0.15, 0.2) is 0 Å². The Labute approximate surface area is 115 Å². The van der Waals surface area contributed by atoms with E-state index in [9.17, 15) is 0 Å². The van der Waals surface area contributed by atoms with Crippen molar-refractivity contribution in [3.05, 3.63) is 12.2 Å². The SMILES string of the molecule is CCCn1ncnc1CN(CC1CCCN1)C1CC1. The second-order valence-electron chi connectivity index (χ2n) is 5.85. The van der Waals surface area contributed by atoms with Gasteiger partial charge in [-0.1, -0.05) is 6.92 Å². The normalized spacial score (nSPS) is 23.4. The van der Waals surface area contributed by atoms with E-state index < -0.39 is 0 Å². The number of nitrogens with zero attached hydrogens (tertiary/aromatic N) is 4. The Morgan fingerprint density at radius 1 is 1.42 bits per heavy atom. The van der Waals surface area contributed by atoms with Crippen LogP contribution in [0.3, 0.4) is 0 Å². The summed E-state index contributed by atoms with van der Waals surface area (Å²) in [4.78, 5) is 7.06. The zero-order valence-corrected chi connectivity index (χ0v) is 11.9. The molecule has 1 atom stereocenters. The van der Waals surface area contributed by atoms with Crippen molar-refractivity contribution in [3.63, 3.8) is 0 Å². The molecular formula is C14H25N5. The fraction of sp³-hybridized carbons (Fsp3) is 0.857. The zero-order valence-electron chi connectivity index (χ0n) is 11.9. The summed E-state index contributed by atoms with van der Waals surface area (Å²) in [5.74, 6) is 1.13. The Morgan fingerprint density at radius 2 is 2.32 bits per heavy atom. The van der Waals surface area contributed by atoms with E-state index in [1.165, 1.54) is 38.8 Å². The molecule has 19 heavy (non-hydrogen) atoms. The third-order valence-electron chi connectivity index (χ3n) is 4.16. The van der Waals surface area contributed by atoms with E-state index in [0.717, 1.165) is 31.4 Å². The molecule has 5 nitrogen and oxygen atoms in total. The molecule has 106 valence electrons. The minimum absolute atomic E-state index is 0.683. The average molecular weight is 263 g/mol. The molecule has 2 aliphatic rings. The van der Waals surface area contributed by atoms with Gasteiger partial charge in [0.05, 0.1) is 6.54 Å². The van der Waals surface area contributed by atoms with Crippen LogP contribution in [0, 0.1) is 0 Å². The van der Waals surface area contributed by atoms with Crippen LogP contribution >= 0.6 is 0 Å². The lowest BCUT2D eigenvalue weighted by molar-refractivity contribution is 0.221. The van der Waals surface area contributed by atoms with Gasteiger partial charge < -0.3 is 5.32 Å². The molecule has 1 aliphatic carbocycles. The Morgan fingerprint density at radius 3 is 3.00 bits per heavy atom. The number of hydrogen-bond acceptors (Lipinski definition) is 4. The van der Waals surface area contributed by atoms with Crippen LogP contribution in [0.2, 0.25) is 0 Å². The van der Waals surface area contributed by atoms with Crippen molar-refractivity contribution < 1.29 is 0 Å². The molecule has 5 heteroatoms. The average Bonchev–Trinajstić information content (AvgIpc) is 2.96. The zero-order chi connectivity index (χ0) is 13.1. The number of aryl methyl sites for hydroxylation is 1. The van der Waals surface area contributed by atoms with Crippen molar-refractivity contribution in [1.82, 2.24) is 25.0 Å². The van der Waals surface area contributed by atoms with Gasteiger partial charge in [-0.2, -0.15) is 5.10 Å². The molecule has 0 aromatic carbocycles. The van der Waals surface area contributed by atoms with E-state index in [4.69, 9.17) is 0 Å². The van der Waals surface area contributed by atoms with Crippen molar-refractivity contribution in [2.45, 2.75) is 64.2 Å². The summed E-state index contributed by atoms with van der Waals surface area (Å²) in [5.41, 5.74) is 0. The lowest BCUT2D eigenvalue weighted by Gasteiger charge is -2.25. The van der Waals surface area contributed by atoms with Crippen molar-refractivity contribution in [2.75, 3.05) is 13.1 Å². The largest absolute Gasteiger partial charge is 0.313 e. The van der Waals surface area contributed by atoms with Gasteiger partial charge in [-0.3, -0.25) is 4.90 Å². The second kappa shape index (κ2) is 6.01. The molecule has 0 radical (unpaired) electrons. The van der Waals surface area contributed by atoms with Crippen LogP contribution in [-0.2, 0) is 13.1 Å². The van der Waals surface area contributed by atoms with Crippen molar-refractivity contribution in [2.24, 2.45) is 0 Å². The summed E-state index contributed by atoms with van der Waals surface area (Å²) in [6.07, 6.45) is 8.18. The highest BCUT2D eigenvalue weighted by Gasteiger charge is 2.32. The molecular weight excluding hydrogens is 238 g/mol. The quantitative estimate of drug-likeness (QED) is 0.808. The van der Waals surface area contributed by atoms with Gasteiger partial charge in [0.2, 0.25) is 0 Å². The first-order valence-electron chi connectivity index (χ1n) is 7.71. The molecule has 1 aliphatic heterocycles. The van der Waals surface area contributed by atoms with Crippen LogP contribution in [0.15, 0.2) is 6.33 Å². The van der Waals surface area contributed by atoms with Crippen molar-refractivity contribution in [1.29, 1.82) is 0 Å². The molecule has 2 fully saturated rings.